The number of nitrogens with zero attached hydrogens (tertiary/aromatic N) is 2. The number of amides is 1. The van der Waals surface area contributed by atoms with E-state index in [-0.39, 0.29) is 28.5 Å². The predicted molar refractivity (Wildman–Crippen MR) is 138 cm³/mol. The molecule has 2 aromatic heterocycles. The van der Waals surface area contributed by atoms with E-state index in [0.717, 1.165) is 22.3 Å². The van der Waals surface area contributed by atoms with E-state index in [0.29, 0.717) is 5.75 Å². The van der Waals surface area contributed by atoms with E-state index >= 15 is 0 Å². The number of nitrogens with one attached hydrogen (secondary N) is 1. The van der Waals surface area contributed by atoms with E-state index in [4.69, 9.17) is 10.5 Å². The molecule has 0 aliphatic rings. The molecule has 2 heterocycles. The Bertz CT molecular complexity index is 1610. The second-order valence-electron chi connectivity index (χ2n) is 8.70. The molecule has 0 aliphatic heterocycles. The maximum Gasteiger partial charge on any atom is 0.281 e. The number of halogens is 1. The second-order valence-corrected chi connectivity index (χ2v) is 10.3. The monoisotopic (exact) mass is 520 g/mol. The van der Waals surface area contributed by atoms with Crippen LogP contribution in [0.5, 0.6) is 11.6 Å². The first-order valence-corrected chi connectivity index (χ1v) is 12.8. The third-order valence-corrected chi connectivity index (χ3v) is 6.79. The number of aromatic nitrogens is 2. The number of anilines is 1. The Kier molecular flexibility index (Phi) is 6.95. The molecule has 4 rings (SSSR count). The molecule has 0 unspecified atom stereocenters. The quantitative estimate of drug-likeness (QED) is 0.366. The summed E-state index contributed by atoms with van der Waals surface area (Å²) >= 11 is 0. The summed E-state index contributed by atoms with van der Waals surface area (Å²) in [6.07, 6.45) is 0. The Morgan fingerprint density at radius 3 is 2.27 bits per heavy atom. The fourth-order valence-corrected chi connectivity index (χ4v) is 4.85. The molecular formula is C27H25FN4O4S. The van der Waals surface area contributed by atoms with Crippen LogP contribution in [-0.2, 0) is 10.0 Å². The number of hydrogen-bond donors (Lipinski definition) is 2. The van der Waals surface area contributed by atoms with Crippen molar-refractivity contribution >= 4 is 21.7 Å². The lowest BCUT2D eigenvalue weighted by Gasteiger charge is -2.16. The van der Waals surface area contributed by atoms with Crippen LogP contribution in [0.25, 0.3) is 11.3 Å². The van der Waals surface area contributed by atoms with Gasteiger partial charge in [-0.05, 0) is 80.8 Å². The van der Waals surface area contributed by atoms with Crippen LogP contribution in [0.15, 0.2) is 65.7 Å². The first kappa shape index (κ1) is 25.8. The van der Waals surface area contributed by atoms with Crippen molar-refractivity contribution in [2.75, 3.05) is 5.73 Å². The van der Waals surface area contributed by atoms with Crippen molar-refractivity contribution in [3.8, 4) is 22.9 Å². The van der Waals surface area contributed by atoms with Crippen LogP contribution in [0.4, 0.5) is 10.2 Å². The molecule has 3 N–H and O–H groups in total. The summed E-state index contributed by atoms with van der Waals surface area (Å²) in [6.45, 7) is 7.39. The zero-order chi connectivity index (χ0) is 26.9. The molecule has 1 amide bonds. The number of benzene rings is 2. The molecule has 0 atom stereocenters. The highest BCUT2D eigenvalue weighted by Crippen LogP contribution is 2.33. The smallest absolute Gasteiger partial charge is 0.281 e. The summed E-state index contributed by atoms with van der Waals surface area (Å²) in [7, 11) is -4.35. The minimum Gasteiger partial charge on any atom is -0.438 e. The van der Waals surface area contributed by atoms with Crippen LogP contribution < -0.4 is 15.2 Å². The fraction of sp³-hybridized carbons (Fsp3) is 0.148. The molecule has 0 radical (unpaired) electrons. The van der Waals surface area contributed by atoms with Gasteiger partial charge in [0.1, 0.15) is 22.9 Å². The Morgan fingerprint density at radius 2 is 1.62 bits per heavy atom. The zero-order valence-electron chi connectivity index (χ0n) is 20.7. The van der Waals surface area contributed by atoms with Gasteiger partial charge in [0.2, 0.25) is 5.88 Å². The Hall–Kier alpha value is -4.31. The topological polar surface area (TPSA) is 124 Å². The van der Waals surface area contributed by atoms with Crippen molar-refractivity contribution in [2.24, 2.45) is 0 Å². The standard InChI is InChI=1S/C27H25FN4O4S/c1-15-8-9-19(21(28)14-15)22-11-10-20(26(33)32-37(34,35)24-7-5-6-23(29)31-24)27(30-22)36-25-17(3)12-16(2)13-18(25)4/h5-14H,1-4H3,(H2,29,31)(H,32,33). The SMILES string of the molecule is Cc1cc(C)c(Oc2nc(-c3ccc(C)cc3F)ccc2C(=O)NS(=O)(=O)c2cccc(N)n2)c(C)c1. The van der Waals surface area contributed by atoms with Gasteiger partial charge in [-0.3, -0.25) is 4.79 Å². The average Bonchev–Trinajstić information content (AvgIpc) is 2.81. The van der Waals surface area contributed by atoms with Crippen molar-refractivity contribution in [1.29, 1.82) is 0 Å². The van der Waals surface area contributed by atoms with E-state index < -0.39 is 26.8 Å². The lowest BCUT2D eigenvalue weighted by atomic mass is 10.1. The highest BCUT2D eigenvalue weighted by molar-refractivity contribution is 7.90. The van der Waals surface area contributed by atoms with Gasteiger partial charge < -0.3 is 10.5 Å². The summed E-state index contributed by atoms with van der Waals surface area (Å²) in [5.41, 5.74) is 9.17. The van der Waals surface area contributed by atoms with Crippen LogP contribution >= 0.6 is 0 Å². The average molecular weight is 521 g/mol. The lowest BCUT2D eigenvalue weighted by molar-refractivity contribution is 0.0978. The van der Waals surface area contributed by atoms with Gasteiger partial charge in [0, 0.05) is 5.56 Å². The van der Waals surface area contributed by atoms with Crippen molar-refractivity contribution < 1.29 is 22.3 Å². The number of nitrogens with two attached hydrogens (primary N) is 1. The number of aryl methyl sites for hydroxylation is 4. The van der Waals surface area contributed by atoms with Crippen LogP contribution in [0.3, 0.4) is 0 Å². The number of hydrogen-bond acceptors (Lipinski definition) is 7. The zero-order valence-corrected chi connectivity index (χ0v) is 21.5. The van der Waals surface area contributed by atoms with Gasteiger partial charge in [-0.2, -0.15) is 8.42 Å². The van der Waals surface area contributed by atoms with Crippen molar-refractivity contribution in [2.45, 2.75) is 32.7 Å². The largest absolute Gasteiger partial charge is 0.438 e. The van der Waals surface area contributed by atoms with Gasteiger partial charge >= 0.3 is 0 Å². The third-order valence-electron chi connectivity index (χ3n) is 5.56. The van der Waals surface area contributed by atoms with E-state index in [9.17, 15) is 17.6 Å². The molecule has 0 spiro atoms. The summed E-state index contributed by atoms with van der Waals surface area (Å²) < 4.78 is 48.4. The Morgan fingerprint density at radius 1 is 0.919 bits per heavy atom. The normalized spacial score (nSPS) is 11.3. The molecule has 0 bridgehead atoms. The van der Waals surface area contributed by atoms with E-state index in [1.807, 2.05) is 37.6 Å². The fourth-order valence-electron chi connectivity index (χ4n) is 3.90. The van der Waals surface area contributed by atoms with Gasteiger partial charge in [-0.1, -0.05) is 29.8 Å². The number of rotatable bonds is 6. The third kappa shape index (κ3) is 5.59. The molecular weight excluding hydrogens is 495 g/mol. The van der Waals surface area contributed by atoms with Gasteiger partial charge in [0.25, 0.3) is 15.9 Å². The highest BCUT2D eigenvalue weighted by Gasteiger charge is 2.25. The van der Waals surface area contributed by atoms with E-state index in [1.165, 1.54) is 36.4 Å². The Balaban J connectivity index is 1.80. The second kappa shape index (κ2) is 9.98. The first-order valence-electron chi connectivity index (χ1n) is 11.3. The molecule has 4 aromatic rings. The number of ether oxygens (including phenoxy) is 1. The predicted octanol–water partition coefficient (Wildman–Crippen LogP) is 5.01. The summed E-state index contributed by atoms with van der Waals surface area (Å²) in [6, 6.07) is 15.3. The summed E-state index contributed by atoms with van der Waals surface area (Å²) in [5, 5.41) is -0.417. The molecule has 0 saturated carbocycles. The van der Waals surface area contributed by atoms with Gasteiger partial charge in [0.05, 0.1) is 5.69 Å². The number of pyridine rings is 2. The minimum absolute atomic E-state index is 0.0178. The lowest BCUT2D eigenvalue weighted by Crippen LogP contribution is -2.31. The molecule has 0 saturated heterocycles. The number of carbonyl (C=O) groups is 1. The van der Waals surface area contributed by atoms with Gasteiger partial charge in [-0.25, -0.2) is 19.1 Å². The van der Waals surface area contributed by atoms with Crippen molar-refractivity contribution in [3.05, 3.63) is 94.3 Å². The molecule has 10 heteroatoms. The molecule has 8 nitrogen and oxygen atoms in total. The van der Waals surface area contributed by atoms with E-state index in [1.54, 1.807) is 19.1 Å². The van der Waals surface area contributed by atoms with Crippen molar-refractivity contribution in [3.63, 3.8) is 0 Å². The van der Waals surface area contributed by atoms with Crippen LogP contribution in [0.2, 0.25) is 0 Å². The van der Waals surface area contributed by atoms with Gasteiger partial charge in [-0.15, -0.1) is 0 Å². The molecule has 37 heavy (non-hydrogen) atoms. The highest BCUT2D eigenvalue weighted by atomic mass is 32.2. The summed E-state index contributed by atoms with van der Waals surface area (Å²) in [5.74, 6) is -1.23. The number of carbonyl (C=O) groups excluding carboxylic acids is 1. The molecule has 0 aliphatic carbocycles. The van der Waals surface area contributed by atoms with Crippen LogP contribution in [0.1, 0.15) is 32.6 Å². The van der Waals surface area contributed by atoms with E-state index in [2.05, 4.69) is 9.97 Å². The number of sulfonamides is 1. The number of nitrogen functional groups attached to an aromatic ring is 1. The summed E-state index contributed by atoms with van der Waals surface area (Å²) in [4.78, 5) is 21.4. The maximum absolute atomic E-state index is 14.7. The maximum atomic E-state index is 14.7. The molecule has 2 aromatic carbocycles. The minimum atomic E-state index is -4.35. The molecule has 0 fully saturated rings. The van der Waals surface area contributed by atoms with Crippen LogP contribution in [-0.4, -0.2) is 24.3 Å². The van der Waals surface area contributed by atoms with Gasteiger partial charge in [0.15, 0.2) is 5.03 Å². The van der Waals surface area contributed by atoms with Crippen LogP contribution in [0, 0.1) is 33.5 Å². The van der Waals surface area contributed by atoms with Crippen molar-refractivity contribution in [1.82, 2.24) is 14.7 Å². The molecule has 190 valence electrons. The first-order chi connectivity index (χ1) is 17.4. The Labute approximate surface area is 214 Å².